The Morgan fingerprint density at radius 2 is 1.93 bits per heavy atom. The SMILES string of the molecule is C[C@H]1CCC[C@@H](OC(=O)c2ccc(Br)c(-c3cc4ccccc4oc3=O)c2)C1. The summed E-state index contributed by atoms with van der Waals surface area (Å²) in [6.45, 7) is 2.19. The highest BCUT2D eigenvalue weighted by Gasteiger charge is 2.23. The predicted octanol–water partition coefficient (Wildman–Crippen LogP) is 5.96. The summed E-state index contributed by atoms with van der Waals surface area (Å²) in [5.41, 5.74) is 1.56. The van der Waals surface area contributed by atoms with Crippen LogP contribution < -0.4 is 5.63 Å². The van der Waals surface area contributed by atoms with Crippen molar-refractivity contribution in [3.63, 3.8) is 0 Å². The van der Waals surface area contributed by atoms with Gasteiger partial charge in [-0.3, -0.25) is 0 Å². The minimum atomic E-state index is -0.439. The molecule has 1 fully saturated rings. The van der Waals surface area contributed by atoms with Gasteiger partial charge in [0.2, 0.25) is 0 Å². The van der Waals surface area contributed by atoms with E-state index in [0.29, 0.717) is 28.2 Å². The smallest absolute Gasteiger partial charge is 0.344 e. The van der Waals surface area contributed by atoms with Crippen LogP contribution in [0.5, 0.6) is 0 Å². The lowest BCUT2D eigenvalue weighted by atomic mass is 9.89. The molecule has 5 heteroatoms. The molecule has 28 heavy (non-hydrogen) atoms. The van der Waals surface area contributed by atoms with Crippen molar-refractivity contribution in [3.05, 3.63) is 69.0 Å². The van der Waals surface area contributed by atoms with E-state index in [1.807, 2.05) is 18.2 Å². The molecule has 0 amide bonds. The highest BCUT2D eigenvalue weighted by atomic mass is 79.9. The molecule has 0 spiro atoms. The number of halogens is 1. The standard InChI is InChI=1S/C23H21BrO4/c1-14-5-4-7-17(11-14)27-22(25)16-9-10-20(24)18(13-16)19-12-15-6-2-3-8-21(15)28-23(19)26/h2-3,6,8-10,12-14,17H,4-5,7,11H2,1H3/t14-,17+/m0/s1. The maximum absolute atomic E-state index is 12.7. The molecule has 4 nitrogen and oxygen atoms in total. The van der Waals surface area contributed by atoms with Gasteiger partial charge in [0.05, 0.1) is 11.1 Å². The van der Waals surface area contributed by atoms with Gasteiger partial charge in [0.1, 0.15) is 11.7 Å². The van der Waals surface area contributed by atoms with Crippen LogP contribution in [0.15, 0.2) is 62.2 Å². The fraction of sp³-hybridized carbons (Fsp3) is 0.304. The van der Waals surface area contributed by atoms with E-state index in [0.717, 1.165) is 29.1 Å². The van der Waals surface area contributed by atoms with Crippen LogP contribution >= 0.6 is 15.9 Å². The van der Waals surface area contributed by atoms with Crippen molar-refractivity contribution in [2.75, 3.05) is 0 Å². The summed E-state index contributed by atoms with van der Waals surface area (Å²) in [4.78, 5) is 25.2. The second-order valence-electron chi connectivity index (χ2n) is 7.48. The molecule has 1 aromatic heterocycles. The summed E-state index contributed by atoms with van der Waals surface area (Å²) in [6.07, 6.45) is 4.06. The van der Waals surface area contributed by atoms with Crippen molar-refractivity contribution in [1.29, 1.82) is 0 Å². The molecule has 0 radical (unpaired) electrons. The maximum Gasteiger partial charge on any atom is 0.344 e. The predicted molar refractivity (Wildman–Crippen MR) is 112 cm³/mol. The van der Waals surface area contributed by atoms with Crippen molar-refractivity contribution in [2.24, 2.45) is 5.92 Å². The molecule has 1 heterocycles. The average Bonchev–Trinajstić information content (AvgIpc) is 2.68. The van der Waals surface area contributed by atoms with Crippen molar-refractivity contribution >= 4 is 32.9 Å². The number of carbonyl (C=O) groups is 1. The Morgan fingerprint density at radius 1 is 1.11 bits per heavy atom. The molecule has 0 bridgehead atoms. The first kappa shape index (κ1) is 18.9. The molecule has 1 aliphatic rings. The van der Waals surface area contributed by atoms with Crippen molar-refractivity contribution < 1.29 is 13.9 Å². The second kappa shape index (κ2) is 7.92. The third-order valence-corrected chi connectivity index (χ3v) is 5.99. The second-order valence-corrected chi connectivity index (χ2v) is 8.33. The number of benzene rings is 2. The first-order chi connectivity index (χ1) is 13.5. The minimum Gasteiger partial charge on any atom is -0.459 e. The summed E-state index contributed by atoms with van der Waals surface area (Å²) in [5.74, 6) is 0.229. The van der Waals surface area contributed by atoms with Crippen LogP contribution in [-0.2, 0) is 4.74 Å². The summed E-state index contributed by atoms with van der Waals surface area (Å²) in [5, 5.41) is 0.827. The van der Waals surface area contributed by atoms with Crippen molar-refractivity contribution in [2.45, 2.75) is 38.7 Å². The Kier molecular flexibility index (Phi) is 5.36. The number of hydrogen-bond acceptors (Lipinski definition) is 4. The molecule has 1 saturated carbocycles. The highest BCUT2D eigenvalue weighted by Crippen LogP contribution is 2.31. The van der Waals surface area contributed by atoms with E-state index in [2.05, 4.69) is 22.9 Å². The first-order valence-corrected chi connectivity index (χ1v) is 10.3. The molecule has 0 aliphatic heterocycles. The fourth-order valence-electron chi connectivity index (χ4n) is 3.81. The lowest BCUT2D eigenvalue weighted by Gasteiger charge is -2.26. The van der Waals surface area contributed by atoms with Gasteiger partial charge in [-0.1, -0.05) is 47.5 Å². The third-order valence-electron chi connectivity index (χ3n) is 5.30. The van der Waals surface area contributed by atoms with E-state index < -0.39 is 5.63 Å². The minimum absolute atomic E-state index is 0.0333. The molecular weight excluding hydrogens is 420 g/mol. The number of carbonyl (C=O) groups excluding carboxylic acids is 1. The van der Waals surface area contributed by atoms with Gasteiger partial charge in [0.15, 0.2) is 0 Å². The third kappa shape index (κ3) is 3.90. The molecule has 1 aliphatic carbocycles. The lowest BCUT2D eigenvalue weighted by molar-refractivity contribution is 0.0155. The highest BCUT2D eigenvalue weighted by molar-refractivity contribution is 9.10. The van der Waals surface area contributed by atoms with Gasteiger partial charge in [-0.15, -0.1) is 0 Å². The zero-order chi connectivity index (χ0) is 19.7. The number of esters is 1. The summed E-state index contributed by atoms with van der Waals surface area (Å²) in [7, 11) is 0. The summed E-state index contributed by atoms with van der Waals surface area (Å²) in [6, 6.07) is 14.3. The Hall–Kier alpha value is -2.40. The van der Waals surface area contributed by atoms with E-state index in [-0.39, 0.29) is 12.1 Å². The average molecular weight is 441 g/mol. The molecule has 2 atom stereocenters. The Labute approximate surface area is 171 Å². The van der Waals surface area contributed by atoms with Gasteiger partial charge in [-0.2, -0.15) is 0 Å². The van der Waals surface area contributed by atoms with E-state index in [9.17, 15) is 9.59 Å². The molecule has 3 aromatic rings. The number of fused-ring (bicyclic) bond motifs is 1. The van der Waals surface area contributed by atoms with E-state index in [1.165, 1.54) is 6.42 Å². The number of hydrogen-bond donors (Lipinski definition) is 0. The van der Waals surface area contributed by atoms with Crippen molar-refractivity contribution in [3.8, 4) is 11.1 Å². The molecule has 144 valence electrons. The van der Waals surface area contributed by atoms with Gasteiger partial charge >= 0.3 is 11.6 Å². The van der Waals surface area contributed by atoms with E-state index in [4.69, 9.17) is 9.15 Å². The molecule has 0 saturated heterocycles. The van der Waals surface area contributed by atoms with Crippen LogP contribution in [0.4, 0.5) is 0 Å². The monoisotopic (exact) mass is 440 g/mol. The normalized spacial score (nSPS) is 19.5. The van der Waals surface area contributed by atoms with Crippen LogP contribution in [0.3, 0.4) is 0 Å². The number of ether oxygens (including phenoxy) is 1. The van der Waals surface area contributed by atoms with Crippen molar-refractivity contribution in [1.82, 2.24) is 0 Å². The van der Waals surface area contributed by atoms with Crippen LogP contribution in [0, 0.1) is 5.92 Å². The lowest BCUT2D eigenvalue weighted by Crippen LogP contribution is -2.24. The quantitative estimate of drug-likeness (QED) is 0.372. The molecule has 4 rings (SSSR count). The first-order valence-electron chi connectivity index (χ1n) is 9.55. The van der Waals surface area contributed by atoms with Crippen LogP contribution in [0.2, 0.25) is 0 Å². The van der Waals surface area contributed by atoms with Crippen LogP contribution in [-0.4, -0.2) is 12.1 Å². The van der Waals surface area contributed by atoms with Crippen LogP contribution in [0.1, 0.15) is 43.0 Å². The summed E-state index contributed by atoms with van der Waals surface area (Å²) >= 11 is 3.49. The molecular formula is C23H21BrO4. The van der Waals surface area contributed by atoms with Gasteiger partial charge < -0.3 is 9.15 Å². The zero-order valence-electron chi connectivity index (χ0n) is 15.6. The number of rotatable bonds is 3. The molecule has 0 unspecified atom stereocenters. The Bertz CT molecular complexity index is 1090. The molecule has 2 aromatic carbocycles. The van der Waals surface area contributed by atoms with E-state index >= 15 is 0 Å². The van der Waals surface area contributed by atoms with Gasteiger partial charge in [0.25, 0.3) is 0 Å². The fourth-order valence-corrected chi connectivity index (χ4v) is 4.27. The Balaban J connectivity index is 1.67. The van der Waals surface area contributed by atoms with Gasteiger partial charge in [-0.05, 0) is 55.5 Å². The topological polar surface area (TPSA) is 56.5 Å². The van der Waals surface area contributed by atoms with Crippen LogP contribution in [0.25, 0.3) is 22.1 Å². The van der Waals surface area contributed by atoms with Gasteiger partial charge in [-0.25, -0.2) is 9.59 Å². The number of para-hydroxylation sites is 1. The van der Waals surface area contributed by atoms with E-state index in [1.54, 1.807) is 30.3 Å². The maximum atomic E-state index is 12.7. The van der Waals surface area contributed by atoms with Gasteiger partial charge in [0, 0.05) is 15.4 Å². The Morgan fingerprint density at radius 3 is 2.75 bits per heavy atom. The molecule has 0 N–H and O–H groups in total. The largest absolute Gasteiger partial charge is 0.459 e. The zero-order valence-corrected chi connectivity index (χ0v) is 17.2. The summed E-state index contributed by atoms with van der Waals surface area (Å²) < 4.78 is 11.9.